The molecule has 2 atom stereocenters. The van der Waals surface area contributed by atoms with E-state index in [0.29, 0.717) is 51.6 Å². The van der Waals surface area contributed by atoms with Crippen molar-refractivity contribution in [3.05, 3.63) is 0 Å². The second kappa shape index (κ2) is 32.8. The van der Waals surface area contributed by atoms with Gasteiger partial charge in [0.05, 0.1) is 12.7 Å². The molecule has 0 saturated heterocycles. The molecule has 0 aromatic rings. The zero-order valence-electron chi connectivity index (χ0n) is 29.6. The standard InChI is InChI=1S/C38H72O6/c1-5-8-11-14-17-20-23-28-36(39)42-33-26-27-35(44-38(41)30-25-22-19-16-13-10-7-3)32-31-34(4)43-37(40)29-24-21-18-15-12-9-6-2/h34-35H,5-33H2,1-4H3. The molecule has 0 fully saturated rings. The van der Waals surface area contributed by atoms with Gasteiger partial charge in [-0.05, 0) is 51.9 Å². The molecule has 0 aliphatic heterocycles. The summed E-state index contributed by atoms with van der Waals surface area (Å²) < 4.78 is 17.0. The molecule has 0 spiro atoms. The fourth-order valence-corrected chi connectivity index (χ4v) is 5.52. The molecule has 0 heterocycles. The van der Waals surface area contributed by atoms with Crippen LogP contribution in [0, 0.1) is 0 Å². The van der Waals surface area contributed by atoms with Crippen LogP contribution >= 0.6 is 0 Å². The van der Waals surface area contributed by atoms with E-state index in [4.69, 9.17) is 14.2 Å². The summed E-state index contributed by atoms with van der Waals surface area (Å²) >= 11 is 0. The van der Waals surface area contributed by atoms with Crippen LogP contribution in [0.4, 0.5) is 0 Å². The van der Waals surface area contributed by atoms with E-state index in [1.807, 2.05) is 6.92 Å². The maximum atomic E-state index is 12.6. The van der Waals surface area contributed by atoms with Crippen molar-refractivity contribution in [3.63, 3.8) is 0 Å². The summed E-state index contributed by atoms with van der Waals surface area (Å²) in [5.41, 5.74) is 0. The predicted octanol–water partition coefficient (Wildman–Crippen LogP) is 11.4. The van der Waals surface area contributed by atoms with Crippen molar-refractivity contribution in [1.29, 1.82) is 0 Å². The normalized spacial score (nSPS) is 12.5. The van der Waals surface area contributed by atoms with E-state index in [1.54, 1.807) is 0 Å². The third-order valence-electron chi connectivity index (χ3n) is 8.41. The number of carbonyl (C=O) groups excluding carboxylic acids is 3. The van der Waals surface area contributed by atoms with Gasteiger partial charge in [-0.15, -0.1) is 0 Å². The Morgan fingerprint density at radius 2 is 0.818 bits per heavy atom. The van der Waals surface area contributed by atoms with Gasteiger partial charge in [0.1, 0.15) is 6.10 Å². The number of carbonyl (C=O) groups is 3. The number of ether oxygens (including phenoxy) is 3. The van der Waals surface area contributed by atoms with Crippen molar-refractivity contribution in [2.75, 3.05) is 6.61 Å². The molecule has 44 heavy (non-hydrogen) atoms. The van der Waals surface area contributed by atoms with Crippen molar-refractivity contribution < 1.29 is 28.6 Å². The number of rotatable bonds is 33. The summed E-state index contributed by atoms with van der Waals surface area (Å²) in [5, 5.41) is 0. The summed E-state index contributed by atoms with van der Waals surface area (Å²) in [6.45, 7) is 8.93. The minimum atomic E-state index is -0.252. The topological polar surface area (TPSA) is 78.9 Å². The lowest BCUT2D eigenvalue weighted by atomic mass is 10.1. The fraction of sp³-hybridized carbons (Fsp3) is 0.921. The lowest BCUT2D eigenvalue weighted by Gasteiger charge is -2.20. The molecule has 0 radical (unpaired) electrons. The minimum absolute atomic E-state index is 0.132. The van der Waals surface area contributed by atoms with Gasteiger partial charge in [-0.25, -0.2) is 0 Å². The lowest BCUT2D eigenvalue weighted by Crippen LogP contribution is -2.22. The van der Waals surface area contributed by atoms with E-state index in [1.165, 1.54) is 96.3 Å². The Morgan fingerprint density at radius 1 is 0.432 bits per heavy atom. The average Bonchev–Trinajstić information content (AvgIpc) is 3.00. The summed E-state index contributed by atoms with van der Waals surface area (Å²) in [6, 6.07) is 0. The second-order valence-electron chi connectivity index (χ2n) is 13.0. The third-order valence-corrected chi connectivity index (χ3v) is 8.41. The van der Waals surface area contributed by atoms with E-state index in [-0.39, 0.29) is 30.1 Å². The molecule has 0 N–H and O–H groups in total. The molecule has 0 bridgehead atoms. The van der Waals surface area contributed by atoms with Gasteiger partial charge in [-0.3, -0.25) is 14.4 Å². The zero-order valence-corrected chi connectivity index (χ0v) is 29.6. The van der Waals surface area contributed by atoms with Gasteiger partial charge in [0, 0.05) is 19.3 Å². The molecule has 0 aliphatic carbocycles. The quantitative estimate of drug-likeness (QED) is 0.0410. The van der Waals surface area contributed by atoms with Crippen LogP contribution < -0.4 is 0 Å². The van der Waals surface area contributed by atoms with Crippen molar-refractivity contribution >= 4 is 17.9 Å². The first kappa shape index (κ1) is 42.4. The maximum Gasteiger partial charge on any atom is 0.306 e. The molecule has 0 amide bonds. The largest absolute Gasteiger partial charge is 0.466 e. The Hall–Kier alpha value is -1.59. The van der Waals surface area contributed by atoms with Gasteiger partial charge < -0.3 is 14.2 Å². The Kier molecular flexibility index (Phi) is 31.6. The number of hydrogen-bond acceptors (Lipinski definition) is 6. The van der Waals surface area contributed by atoms with Crippen LogP contribution in [-0.2, 0) is 28.6 Å². The smallest absolute Gasteiger partial charge is 0.306 e. The summed E-state index contributed by atoms with van der Waals surface area (Å²) in [5.74, 6) is -0.415. The van der Waals surface area contributed by atoms with Gasteiger partial charge in [0.25, 0.3) is 0 Å². The fourth-order valence-electron chi connectivity index (χ4n) is 5.52. The van der Waals surface area contributed by atoms with Gasteiger partial charge >= 0.3 is 17.9 Å². The SMILES string of the molecule is CCCCCCCCCC(=O)OCCCC(CCC(C)OC(=O)CCCCCCCCC)OC(=O)CCCCCCCCC. The van der Waals surface area contributed by atoms with Crippen molar-refractivity contribution in [3.8, 4) is 0 Å². The Bertz CT molecular complexity index is 664. The van der Waals surface area contributed by atoms with Crippen LogP contribution in [0.25, 0.3) is 0 Å². The van der Waals surface area contributed by atoms with Crippen molar-refractivity contribution in [1.82, 2.24) is 0 Å². The minimum Gasteiger partial charge on any atom is -0.466 e. The number of unbranched alkanes of at least 4 members (excludes halogenated alkanes) is 18. The first-order valence-corrected chi connectivity index (χ1v) is 19.0. The van der Waals surface area contributed by atoms with E-state index >= 15 is 0 Å². The summed E-state index contributed by atoms with van der Waals surface area (Å²) in [7, 11) is 0. The van der Waals surface area contributed by atoms with Crippen LogP contribution in [0.15, 0.2) is 0 Å². The maximum absolute atomic E-state index is 12.6. The summed E-state index contributed by atoms with van der Waals surface area (Å²) in [6.07, 6.45) is 28.1. The first-order valence-electron chi connectivity index (χ1n) is 19.0. The molecule has 6 heteroatoms. The lowest BCUT2D eigenvalue weighted by molar-refractivity contribution is -0.153. The molecule has 0 saturated carbocycles. The Morgan fingerprint density at radius 3 is 1.27 bits per heavy atom. The van der Waals surface area contributed by atoms with E-state index in [2.05, 4.69) is 20.8 Å². The molecule has 0 aromatic carbocycles. The van der Waals surface area contributed by atoms with E-state index in [9.17, 15) is 14.4 Å². The van der Waals surface area contributed by atoms with E-state index in [0.717, 1.165) is 38.5 Å². The van der Waals surface area contributed by atoms with Gasteiger partial charge in [-0.2, -0.15) is 0 Å². The highest BCUT2D eigenvalue weighted by molar-refractivity contribution is 5.70. The van der Waals surface area contributed by atoms with Crippen molar-refractivity contribution in [2.45, 2.75) is 220 Å². The van der Waals surface area contributed by atoms with Gasteiger partial charge in [0.15, 0.2) is 0 Å². The second-order valence-corrected chi connectivity index (χ2v) is 13.0. The monoisotopic (exact) mass is 625 g/mol. The highest BCUT2D eigenvalue weighted by Crippen LogP contribution is 2.17. The Labute approximate surface area is 272 Å². The molecule has 6 nitrogen and oxygen atoms in total. The van der Waals surface area contributed by atoms with Crippen LogP contribution in [0.2, 0.25) is 0 Å². The molecule has 0 rings (SSSR count). The molecular formula is C38H72O6. The number of esters is 3. The molecule has 0 aliphatic rings. The Balaban J connectivity index is 4.42. The van der Waals surface area contributed by atoms with Gasteiger partial charge in [0.2, 0.25) is 0 Å². The molecule has 0 aromatic heterocycles. The van der Waals surface area contributed by atoms with Crippen LogP contribution in [0.5, 0.6) is 0 Å². The van der Waals surface area contributed by atoms with Crippen LogP contribution in [-0.4, -0.2) is 36.7 Å². The molecule has 2 unspecified atom stereocenters. The van der Waals surface area contributed by atoms with Crippen LogP contribution in [0.3, 0.4) is 0 Å². The first-order chi connectivity index (χ1) is 21.4. The third kappa shape index (κ3) is 30.4. The molecule has 260 valence electrons. The average molecular weight is 625 g/mol. The highest BCUT2D eigenvalue weighted by Gasteiger charge is 2.18. The highest BCUT2D eigenvalue weighted by atomic mass is 16.6. The van der Waals surface area contributed by atoms with Crippen LogP contribution in [0.1, 0.15) is 207 Å². The predicted molar refractivity (Wildman–Crippen MR) is 183 cm³/mol. The van der Waals surface area contributed by atoms with Crippen molar-refractivity contribution in [2.24, 2.45) is 0 Å². The summed E-state index contributed by atoms with van der Waals surface area (Å²) in [4.78, 5) is 37.1. The van der Waals surface area contributed by atoms with Gasteiger partial charge in [-0.1, -0.05) is 136 Å². The zero-order chi connectivity index (χ0) is 32.5. The molecular weight excluding hydrogens is 552 g/mol. The van der Waals surface area contributed by atoms with E-state index < -0.39 is 0 Å². The number of hydrogen-bond donors (Lipinski definition) is 0.